The summed E-state index contributed by atoms with van der Waals surface area (Å²) in [6, 6.07) is 2.15. The van der Waals surface area contributed by atoms with E-state index in [0.29, 0.717) is 23.7 Å². The summed E-state index contributed by atoms with van der Waals surface area (Å²) in [5.74, 6) is -2.70. The number of carbonyl (C=O) groups is 4. The molecule has 1 aromatic rings. The number of hydrogen-bond acceptors (Lipinski definition) is 9. The fraction of sp³-hybridized carbons (Fsp3) is 0.444. The number of thioether (sulfide) groups is 1. The fourth-order valence-electron chi connectivity index (χ4n) is 3.04. The van der Waals surface area contributed by atoms with Gasteiger partial charge in [0.15, 0.2) is 0 Å². The van der Waals surface area contributed by atoms with Crippen LogP contribution in [0.15, 0.2) is 22.1 Å². The third-order valence-corrected chi connectivity index (χ3v) is 7.20. The maximum Gasteiger partial charge on any atom is 0.326 e. The number of rotatable bonds is 9. The molecule has 0 radical (unpaired) electrons. The van der Waals surface area contributed by atoms with Crippen LogP contribution < -0.4 is 16.4 Å². The minimum Gasteiger partial charge on any atom is -0.481 e. The Morgan fingerprint density at radius 1 is 1.32 bits per heavy atom. The average Bonchev–Trinajstić information content (AvgIpc) is 3.18. The van der Waals surface area contributed by atoms with Crippen LogP contribution >= 0.6 is 23.1 Å². The minimum atomic E-state index is -1.28. The Morgan fingerprint density at radius 3 is 2.81 bits per heavy atom. The van der Waals surface area contributed by atoms with E-state index in [4.69, 9.17) is 10.8 Å². The smallest absolute Gasteiger partial charge is 0.326 e. The zero-order chi connectivity index (χ0) is 22.5. The Hall–Kier alpha value is -2.93. The SMILES string of the molecule is NC1=NC2=NCC(CCc3ccc(C(=O)NC(CCC(=O)O)C(=O)O)s3)SC2C(=O)N1. The lowest BCUT2D eigenvalue weighted by Crippen LogP contribution is -2.51. The first kappa shape index (κ1) is 22.7. The third kappa shape index (κ3) is 6.04. The molecule has 2 aliphatic heterocycles. The van der Waals surface area contributed by atoms with Gasteiger partial charge < -0.3 is 21.3 Å². The number of aliphatic imine (C=N–C) groups is 2. The van der Waals surface area contributed by atoms with Crippen molar-refractivity contribution < 1.29 is 29.4 Å². The van der Waals surface area contributed by atoms with E-state index in [1.165, 1.54) is 23.1 Å². The molecule has 1 aromatic heterocycles. The Kier molecular flexibility index (Phi) is 7.28. The van der Waals surface area contributed by atoms with Crippen molar-refractivity contribution in [2.45, 2.75) is 42.2 Å². The molecule has 6 N–H and O–H groups in total. The number of carboxylic acid groups (broad SMARTS) is 2. The molecular formula is C18H21N5O6S2. The van der Waals surface area contributed by atoms with Gasteiger partial charge in [0.25, 0.3) is 5.91 Å². The second kappa shape index (κ2) is 9.92. The van der Waals surface area contributed by atoms with Gasteiger partial charge in [0, 0.05) is 16.5 Å². The first-order valence-electron chi connectivity index (χ1n) is 9.42. The summed E-state index contributed by atoms with van der Waals surface area (Å²) in [5.41, 5.74) is 5.54. The number of fused-ring (bicyclic) bond motifs is 1. The van der Waals surface area contributed by atoms with E-state index in [-0.39, 0.29) is 30.0 Å². The highest BCUT2D eigenvalue weighted by atomic mass is 32.2. The van der Waals surface area contributed by atoms with Crippen LogP contribution in [0.2, 0.25) is 0 Å². The number of carbonyl (C=O) groups excluding carboxylic acids is 2. The van der Waals surface area contributed by atoms with Gasteiger partial charge in [-0.3, -0.25) is 24.7 Å². The summed E-state index contributed by atoms with van der Waals surface area (Å²) in [4.78, 5) is 56.0. The quantitative estimate of drug-likeness (QED) is 0.337. The predicted molar refractivity (Wildman–Crippen MR) is 116 cm³/mol. The Bertz CT molecular complexity index is 959. The van der Waals surface area contributed by atoms with E-state index in [1.807, 2.05) is 0 Å². The minimum absolute atomic E-state index is 0.0524. The second-order valence-electron chi connectivity index (χ2n) is 6.92. The molecule has 3 heterocycles. The highest BCUT2D eigenvalue weighted by Crippen LogP contribution is 2.30. The van der Waals surface area contributed by atoms with Crippen LogP contribution in [0.4, 0.5) is 0 Å². The molecule has 3 unspecified atom stereocenters. The van der Waals surface area contributed by atoms with Gasteiger partial charge in [-0.2, -0.15) is 4.99 Å². The highest BCUT2D eigenvalue weighted by Gasteiger charge is 2.35. The molecule has 0 spiro atoms. The maximum atomic E-state index is 12.3. The van der Waals surface area contributed by atoms with Crippen LogP contribution in [0.25, 0.3) is 0 Å². The van der Waals surface area contributed by atoms with Crippen molar-refractivity contribution in [3.05, 3.63) is 21.9 Å². The number of thiophene rings is 1. The van der Waals surface area contributed by atoms with Gasteiger partial charge >= 0.3 is 11.9 Å². The van der Waals surface area contributed by atoms with Crippen molar-refractivity contribution in [1.82, 2.24) is 10.6 Å². The van der Waals surface area contributed by atoms with Gasteiger partial charge in [0.2, 0.25) is 11.9 Å². The van der Waals surface area contributed by atoms with Crippen molar-refractivity contribution in [1.29, 1.82) is 0 Å². The zero-order valence-corrected chi connectivity index (χ0v) is 17.9. The number of guanidine groups is 1. The number of nitrogens with zero attached hydrogens (tertiary/aromatic N) is 2. The molecule has 31 heavy (non-hydrogen) atoms. The van der Waals surface area contributed by atoms with Crippen LogP contribution in [0.1, 0.15) is 33.8 Å². The van der Waals surface area contributed by atoms with E-state index in [0.717, 1.165) is 11.3 Å². The number of amides is 2. The number of nitrogens with one attached hydrogen (secondary N) is 2. The number of aliphatic carboxylic acids is 2. The van der Waals surface area contributed by atoms with E-state index in [1.54, 1.807) is 12.1 Å². The van der Waals surface area contributed by atoms with E-state index >= 15 is 0 Å². The number of carboxylic acids is 2. The van der Waals surface area contributed by atoms with Gasteiger partial charge in [0.05, 0.1) is 11.4 Å². The van der Waals surface area contributed by atoms with Gasteiger partial charge in [0.1, 0.15) is 17.1 Å². The van der Waals surface area contributed by atoms with Crippen molar-refractivity contribution in [2.75, 3.05) is 6.54 Å². The van der Waals surface area contributed by atoms with Crippen molar-refractivity contribution in [2.24, 2.45) is 15.7 Å². The molecule has 2 amide bonds. The predicted octanol–water partition coefficient (Wildman–Crippen LogP) is 0.0555. The first-order chi connectivity index (χ1) is 14.7. The monoisotopic (exact) mass is 467 g/mol. The maximum absolute atomic E-state index is 12.3. The number of amidine groups is 1. The summed E-state index contributed by atoms with van der Waals surface area (Å²) in [5, 5.41) is 22.4. The van der Waals surface area contributed by atoms with Gasteiger partial charge in [-0.15, -0.1) is 23.1 Å². The third-order valence-electron chi connectivity index (χ3n) is 4.59. The molecule has 0 bridgehead atoms. The summed E-state index contributed by atoms with van der Waals surface area (Å²) in [6.45, 7) is 0.517. The molecule has 166 valence electrons. The zero-order valence-electron chi connectivity index (χ0n) is 16.2. The summed E-state index contributed by atoms with van der Waals surface area (Å²) >= 11 is 2.73. The van der Waals surface area contributed by atoms with E-state index in [9.17, 15) is 24.3 Å². The molecule has 0 aliphatic carbocycles. The molecule has 3 rings (SSSR count). The lowest BCUT2D eigenvalue weighted by molar-refractivity contribution is -0.140. The summed E-state index contributed by atoms with van der Waals surface area (Å²) < 4.78 is 0. The summed E-state index contributed by atoms with van der Waals surface area (Å²) in [6.07, 6.45) is 0.859. The number of aryl methyl sites for hydroxylation is 1. The van der Waals surface area contributed by atoms with Crippen LogP contribution in [-0.2, 0) is 20.8 Å². The largest absolute Gasteiger partial charge is 0.481 e. The normalized spacial score (nSPS) is 21.2. The van der Waals surface area contributed by atoms with Gasteiger partial charge in [-0.05, 0) is 31.4 Å². The standard InChI is InChI=1S/C18H21N5O6S2/c19-18-22-14-13(16(27)23-18)31-9(7-20-14)2-1-8-3-5-11(30-8)15(26)21-10(17(28)29)4-6-12(24)25/h3,5,9-10,13H,1-2,4,6-7H2,(H,21,26)(H,24,25)(H,28,29)(H3,19,20,22,23,27). The Labute approximate surface area is 185 Å². The Balaban J connectivity index is 1.53. The van der Waals surface area contributed by atoms with Crippen molar-refractivity contribution >= 4 is 58.6 Å². The molecular weight excluding hydrogens is 446 g/mol. The molecule has 2 aliphatic rings. The van der Waals surface area contributed by atoms with Crippen molar-refractivity contribution in [3.8, 4) is 0 Å². The Morgan fingerprint density at radius 2 is 2.10 bits per heavy atom. The average molecular weight is 468 g/mol. The first-order valence-corrected chi connectivity index (χ1v) is 11.2. The fourth-order valence-corrected chi connectivity index (χ4v) is 5.20. The number of hydrogen-bond donors (Lipinski definition) is 5. The molecule has 11 nitrogen and oxygen atoms in total. The van der Waals surface area contributed by atoms with Gasteiger partial charge in [-0.25, -0.2) is 4.79 Å². The highest BCUT2D eigenvalue weighted by molar-refractivity contribution is 8.02. The molecule has 0 aromatic carbocycles. The van der Waals surface area contributed by atoms with E-state index in [2.05, 4.69) is 20.6 Å². The lowest BCUT2D eigenvalue weighted by Gasteiger charge is -2.28. The topological polar surface area (TPSA) is 184 Å². The molecule has 0 saturated heterocycles. The molecule has 13 heteroatoms. The molecule has 0 saturated carbocycles. The van der Waals surface area contributed by atoms with Crippen LogP contribution in [0.5, 0.6) is 0 Å². The van der Waals surface area contributed by atoms with Crippen LogP contribution in [0, 0.1) is 0 Å². The molecule has 3 atom stereocenters. The van der Waals surface area contributed by atoms with E-state index < -0.39 is 29.1 Å². The van der Waals surface area contributed by atoms with Crippen LogP contribution in [-0.4, -0.2) is 68.8 Å². The number of nitrogens with two attached hydrogens (primary N) is 1. The van der Waals surface area contributed by atoms with Crippen LogP contribution in [0.3, 0.4) is 0 Å². The van der Waals surface area contributed by atoms with Gasteiger partial charge in [-0.1, -0.05) is 0 Å². The summed E-state index contributed by atoms with van der Waals surface area (Å²) in [7, 11) is 0. The lowest BCUT2D eigenvalue weighted by atomic mass is 10.1. The molecule has 0 fully saturated rings. The van der Waals surface area contributed by atoms with Crippen molar-refractivity contribution in [3.63, 3.8) is 0 Å². The second-order valence-corrected chi connectivity index (χ2v) is 9.50.